The lowest BCUT2D eigenvalue weighted by molar-refractivity contribution is -0.00521. The first-order valence-corrected chi connectivity index (χ1v) is 9.18. The van der Waals surface area contributed by atoms with Crippen LogP contribution in [-0.2, 0) is 4.74 Å². The number of hydrogen-bond donors (Lipinski definition) is 1. The van der Waals surface area contributed by atoms with Crippen LogP contribution in [0.1, 0.15) is 39.5 Å². The number of amides is 2. The van der Waals surface area contributed by atoms with E-state index in [0.29, 0.717) is 0 Å². The number of carbonyl (C=O) groups is 1. The summed E-state index contributed by atoms with van der Waals surface area (Å²) in [7, 11) is 0. The molecule has 0 spiro atoms. The maximum absolute atomic E-state index is 12.4. The summed E-state index contributed by atoms with van der Waals surface area (Å²) in [5.74, 6) is 0. The van der Waals surface area contributed by atoms with Gasteiger partial charge in [0.25, 0.3) is 0 Å². The van der Waals surface area contributed by atoms with Crippen molar-refractivity contribution in [3.8, 4) is 0 Å². The fourth-order valence-electron chi connectivity index (χ4n) is 3.62. The van der Waals surface area contributed by atoms with E-state index >= 15 is 0 Å². The lowest BCUT2D eigenvalue weighted by Crippen LogP contribution is -2.45. The number of morpholine rings is 1. The van der Waals surface area contributed by atoms with Crippen molar-refractivity contribution in [2.24, 2.45) is 0 Å². The number of ether oxygens (including phenoxy) is 1. The van der Waals surface area contributed by atoms with Gasteiger partial charge in [-0.3, -0.25) is 0 Å². The van der Waals surface area contributed by atoms with Crippen molar-refractivity contribution >= 4 is 17.4 Å². The Morgan fingerprint density at radius 3 is 2.17 bits per heavy atom. The smallest absolute Gasteiger partial charge is 0.321 e. The molecule has 0 bridgehead atoms. The van der Waals surface area contributed by atoms with Crippen LogP contribution in [0.5, 0.6) is 0 Å². The molecular formula is C19H29N3O2. The second-order valence-electron chi connectivity index (χ2n) is 7.04. The number of likely N-dealkylation sites (tertiary alicyclic amines) is 1. The van der Waals surface area contributed by atoms with Crippen LogP contribution in [0.4, 0.5) is 16.2 Å². The first-order valence-electron chi connectivity index (χ1n) is 9.18. The summed E-state index contributed by atoms with van der Waals surface area (Å²) < 4.78 is 5.79. The SMILES string of the molecule is C[C@@H]1CN(c2ccc(NC(=O)N3CCCCCC3)cc2)C[C@@H](C)O1. The third-order valence-electron chi connectivity index (χ3n) is 4.80. The van der Waals surface area contributed by atoms with Crippen LogP contribution in [0.25, 0.3) is 0 Å². The molecule has 1 aromatic rings. The summed E-state index contributed by atoms with van der Waals surface area (Å²) in [6.07, 6.45) is 5.18. The van der Waals surface area contributed by atoms with Crippen LogP contribution < -0.4 is 10.2 Å². The zero-order valence-electron chi connectivity index (χ0n) is 14.8. The molecule has 0 saturated carbocycles. The highest BCUT2D eigenvalue weighted by molar-refractivity contribution is 5.89. The van der Waals surface area contributed by atoms with E-state index in [4.69, 9.17) is 4.74 Å². The molecule has 5 nitrogen and oxygen atoms in total. The molecule has 24 heavy (non-hydrogen) atoms. The molecule has 2 saturated heterocycles. The van der Waals surface area contributed by atoms with Crippen LogP contribution in [0.3, 0.4) is 0 Å². The maximum Gasteiger partial charge on any atom is 0.321 e. The normalized spacial score (nSPS) is 25.2. The number of rotatable bonds is 2. The van der Waals surface area contributed by atoms with E-state index in [1.165, 1.54) is 18.5 Å². The standard InChI is InChI=1S/C19H29N3O2/c1-15-13-22(14-16(2)24-15)18-9-7-17(8-10-18)20-19(23)21-11-5-3-4-6-12-21/h7-10,15-16H,3-6,11-14H2,1-2H3,(H,20,23)/t15-,16-/m1/s1. The van der Waals surface area contributed by atoms with Gasteiger partial charge < -0.3 is 19.9 Å². The van der Waals surface area contributed by atoms with Crippen LogP contribution in [0.2, 0.25) is 0 Å². The fourth-order valence-corrected chi connectivity index (χ4v) is 3.62. The van der Waals surface area contributed by atoms with Crippen molar-refractivity contribution in [2.75, 3.05) is 36.4 Å². The van der Waals surface area contributed by atoms with Crippen molar-refractivity contribution < 1.29 is 9.53 Å². The van der Waals surface area contributed by atoms with E-state index in [1.54, 1.807) is 0 Å². The number of nitrogens with one attached hydrogen (secondary N) is 1. The lowest BCUT2D eigenvalue weighted by Gasteiger charge is -2.36. The zero-order valence-corrected chi connectivity index (χ0v) is 14.8. The highest BCUT2D eigenvalue weighted by Gasteiger charge is 2.22. The van der Waals surface area contributed by atoms with Gasteiger partial charge in [-0.25, -0.2) is 4.79 Å². The Hall–Kier alpha value is -1.75. The van der Waals surface area contributed by atoms with Crippen molar-refractivity contribution in [3.63, 3.8) is 0 Å². The molecule has 2 atom stereocenters. The van der Waals surface area contributed by atoms with Gasteiger partial charge >= 0.3 is 6.03 Å². The Bertz CT molecular complexity index is 528. The van der Waals surface area contributed by atoms with Crippen LogP contribution in [-0.4, -0.2) is 49.3 Å². The molecule has 5 heteroatoms. The molecule has 3 rings (SSSR count). The summed E-state index contributed by atoms with van der Waals surface area (Å²) >= 11 is 0. The Balaban J connectivity index is 1.58. The topological polar surface area (TPSA) is 44.8 Å². The van der Waals surface area contributed by atoms with Gasteiger partial charge in [0.15, 0.2) is 0 Å². The highest BCUT2D eigenvalue weighted by atomic mass is 16.5. The van der Waals surface area contributed by atoms with Gasteiger partial charge in [-0.15, -0.1) is 0 Å². The molecule has 0 aromatic heterocycles. The second kappa shape index (κ2) is 7.88. The van der Waals surface area contributed by atoms with Gasteiger partial charge in [-0.2, -0.15) is 0 Å². The van der Waals surface area contributed by atoms with Crippen LogP contribution in [0, 0.1) is 0 Å². The molecule has 1 N–H and O–H groups in total. The number of urea groups is 1. The maximum atomic E-state index is 12.4. The van der Waals surface area contributed by atoms with Crippen molar-refractivity contribution in [1.82, 2.24) is 4.90 Å². The first-order chi connectivity index (χ1) is 11.6. The lowest BCUT2D eigenvalue weighted by atomic mass is 10.2. The third-order valence-corrected chi connectivity index (χ3v) is 4.80. The monoisotopic (exact) mass is 331 g/mol. The molecule has 2 fully saturated rings. The van der Waals surface area contributed by atoms with Gasteiger partial charge in [0.1, 0.15) is 0 Å². The molecule has 2 amide bonds. The van der Waals surface area contributed by atoms with Gasteiger partial charge in [-0.1, -0.05) is 12.8 Å². The van der Waals surface area contributed by atoms with Gasteiger partial charge in [0.2, 0.25) is 0 Å². The summed E-state index contributed by atoms with van der Waals surface area (Å²) in [4.78, 5) is 16.7. The second-order valence-corrected chi connectivity index (χ2v) is 7.04. The summed E-state index contributed by atoms with van der Waals surface area (Å²) in [6.45, 7) is 7.77. The summed E-state index contributed by atoms with van der Waals surface area (Å²) in [6, 6.07) is 8.19. The quantitative estimate of drug-likeness (QED) is 0.898. The number of carbonyl (C=O) groups excluding carboxylic acids is 1. The number of anilines is 2. The van der Waals surface area contributed by atoms with E-state index in [1.807, 2.05) is 17.0 Å². The molecule has 2 aliphatic rings. The molecule has 0 unspecified atom stereocenters. The molecule has 0 aliphatic carbocycles. The Morgan fingerprint density at radius 1 is 1.00 bits per heavy atom. The molecule has 132 valence electrons. The van der Waals surface area contributed by atoms with Crippen LogP contribution in [0.15, 0.2) is 24.3 Å². The van der Waals surface area contributed by atoms with Gasteiger partial charge in [0, 0.05) is 37.6 Å². The van der Waals surface area contributed by atoms with Crippen molar-refractivity contribution in [3.05, 3.63) is 24.3 Å². The molecule has 2 aliphatic heterocycles. The first kappa shape index (κ1) is 17.1. The van der Waals surface area contributed by atoms with E-state index in [0.717, 1.165) is 44.7 Å². The summed E-state index contributed by atoms with van der Waals surface area (Å²) in [5.41, 5.74) is 2.05. The third kappa shape index (κ3) is 4.41. The minimum absolute atomic E-state index is 0.0262. The number of benzene rings is 1. The predicted molar refractivity (Wildman–Crippen MR) is 97.7 cm³/mol. The van der Waals surface area contributed by atoms with Crippen molar-refractivity contribution in [2.45, 2.75) is 51.7 Å². The predicted octanol–water partition coefficient (Wildman–Crippen LogP) is 3.71. The van der Waals surface area contributed by atoms with Gasteiger partial charge in [-0.05, 0) is 51.0 Å². The Kier molecular flexibility index (Phi) is 5.61. The van der Waals surface area contributed by atoms with E-state index < -0.39 is 0 Å². The average Bonchev–Trinajstić information content (AvgIpc) is 2.84. The Morgan fingerprint density at radius 2 is 1.58 bits per heavy atom. The zero-order chi connectivity index (χ0) is 16.9. The number of hydrogen-bond acceptors (Lipinski definition) is 3. The number of nitrogens with zero attached hydrogens (tertiary/aromatic N) is 2. The van der Waals surface area contributed by atoms with E-state index in [-0.39, 0.29) is 18.2 Å². The largest absolute Gasteiger partial charge is 0.372 e. The van der Waals surface area contributed by atoms with E-state index in [9.17, 15) is 4.79 Å². The minimum atomic E-state index is 0.0262. The molecule has 0 radical (unpaired) electrons. The minimum Gasteiger partial charge on any atom is -0.372 e. The molecule has 2 heterocycles. The molecular weight excluding hydrogens is 302 g/mol. The van der Waals surface area contributed by atoms with Crippen molar-refractivity contribution in [1.29, 1.82) is 0 Å². The van der Waals surface area contributed by atoms with E-state index in [2.05, 4.69) is 36.2 Å². The van der Waals surface area contributed by atoms with Crippen LogP contribution >= 0.6 is 0 Å². The Labute approximate surface area is 145 Å². The summed E-state index contributed by atoms with van der Waals surface area (Å²) in [5, 5.41) is 3.03. The average molecular weight is 331 g/mol. The fraction of sp³-hybridized carbons (Fsp3) is 0.632. The molecule has 1 aromatic carbocycles. The van der Waals surface area contributed by atoms with Gasteiger partial charge in [0.05, 0.1) is 12.2 Å². The highest BCUT2D eigenvalue weighted by Crippen LogP contribution is 2.22.